The summed E-state index contributed by atoms with van der Waals surface area (Å²) in [6.07, 6.45) is 4.94. The van der Waals surface area contributed by atoms with Crippen LogP contribution < -0.4 is 0 Å². The predicted octanol–water partition coefficient (Wildman–Crippen LogP) is 2.32. The van der Waals surface area contributed by atoms with E-state index in [1.165, 1.54) is 6.42 Å². The summed E-state index contributed by atoms with van der Waals surface area (Å²) in [4.78, 5) is 13.5. The molecule has 0 aromatic heterocycles. The molecule has 0 aromatic carbocycles. The molecule has 0 aliphatic carbocycles. The normalized spacial score (nSPS) is 12.2. The zero-order valence-corrected chi connectivity index (χ0v) is 8.30. The summed E-state index contributed by atoms with van der Waals surface area (Å²) in [5.41, 5.74) is 0. The molecular formula is C7H12INO. The Morgan fingerprint density at radius 2 is 2.40 bits per heavy atom. The average molecular weight is 253 g/mol. The molecule has 0 radical (unpaired) electrons. The lowest BCUT2D eigenvalue weighted by atomic mass is 10.1. The minimum atomic E-state index is 0.207. The van der Waals surface area contributed by atoms with Gasteiger partial charge in [0.05, 0.1) is 6.04 Å². The van der Waals surface area contributed by atoms with Crippen LogP contribution in [0.5, 0.6) is 0 Å². The van der Waals surface area contributed by atoms with E-state index >= 15 is 0 Å². The Hall–Kier alpha value is 0.110. The molecule has 0 bridgehead atoms. The number of carbonyl (C=O) groups excluding carboxylic acids is 1. The second-order valence-electron chi connectivity index (χ2n) is 2.17. The molecule has 0 saturated carbocycles. The lowest BCUT2D eigenvalue weighted by Gasteiger charge is -2.03. The number of isocyanates is 1. The average Bonchev–Trinajstić information content (AvgIpc) is 1.98. The van der Waals surface area contributed by atoms with Gasteiger partial charge in [0.15, 0.2) is 0 Å². The molecule has 0 heterocycles. The van der Waals surface area contributed by atoms with Gasteiger partial charge in [-0.3, -0.25) is 0 Å². The third-order valence-corrected chi connectivity index (χ3v) is 2.32. The van der Waals surface area contributed by atoms with Crippen LogP contribution in [0.4, 0.5) is 0 Å². The number of rotatable bonds is 5. The van der Waals surface area contributed by atoms with Crippen LogP contribution in [0.1, 0.15) is 26.2 Å². The van der Waals surface area contributed by atoms with Crippen molar-refractivity contribution in [3.8, 4) is 0 Å². The summed E-state index contributed by atoms with van der Waals surface area (Å²) < 4.78 is 0.924. The molecule has 3 heteroatoms. The van der Waals surface area contributed by atoms with Crippen LogP contribution in [0, 0.1) is 0 Å². The van der Waals surface area contributed by atoms with Crippen LogP contribution in [0.3, 0.4) is 0 Å². The predicted molar refractivity (Wildman–Crippen MR) is 50.3 cm³/mol. The van der Waals surface area contributed by atoms with Crippen molar-refractivity contribution in [1.82, 2.24) is 0 Å². The molecule has 2 nitrogen and oxygen atoms in total. The fourth-order valence-electron chi connectivity index (χ4n) is 0.690. The summed E-state index contributed by atoms with van der Waals surface area (Å²) in [6.45, 7) is 2.13. The molecule has 0 aliphatic heterocycles. The van der Waals surface area contributed by atoms with Gasteiger partial charge >= 0.3 is 0 Å². The van der Waals surface area contributed by atoms with Gasteiger partial charge in [0.2, 0.25) is 6.08 Å². The van der Waals surface area contributed by atoms with Crippen molar-refractivity contribution in [3.05, 3.63) is 0 Å². The molecule has 58 valence electrons. The number of alkyl halides is 1. The van der Waals surface area contributed by atoms with Gasteiger partial charge < -0.3 is 0 Å². The SMILES string of the molecule is CCCCC(CI)N=C=O. The summed E-state index contributed by atoms with van der Waals surface area (Å²) >= 11 is 2.24. The molecular weight excluding hydrogens is 241 g/mol. The van der Waals surface area contributed by atoms with Crippen LogP contribution in [-0.2, 0) is 4.79 Å². The van der Waals surface area contributed by atoms with Crippen LogP contribution in [0.2, 0.25) is 0 Å². The minimum absolute atomic E-state index is 0.207. The smallest absolute Gasteiger partial charge is 0.211 e. The molecule has 0 aliphatic rings. The number of unbranched alkanes of at least 4 members (excludes halogenated alkanes) is 1. The Balaban J connectivity index is 3.49. The first-order chi connectivity index (χ1) is 4.85. The second-order valence-corrected chi connectivity index (χ2v) is 3.05. The van der Waals surface area contributed by atoms with Gasteiger partial charge in [0.1, 0.15) is 0 Å². The van der Waals surface area contributed by atoms with Gasteiger partial charge in [-0.25, -0.2) is 9.79 Å². The molecule has 0 aromatic rings. The Kier molecular flexibility index (Phi) is 7.30. The third kappa shape index (κ3) is 4.94. The van der Waals surface area contributed by atoms with Crippen LogP contribution in [0.25, 0.3) is 0 Å². The van der Waals surface area contributed by atoms with Crippen molar-refractivity contribution in [3.63, 3.8) is 0 Å². The maximum atomic E-state index is 9.84. The number of halogens is 1. The first-order valence-corrected chi connectivity index (χ1v) is 5.00. The Morgan fingerprint density at radius 3 is 2.80 bits per heavy atom. The van der Waals surface area contributed by atoms with Crippen molar-refractivity contribution >= 4 is 28.7 Å². The lowest BCUT2D eigenvalue weighted by molar-refractivity contribution is 0.553. The Morgan fingerprint density at radius 1 is 1.70 bits per heavy atom. The summed E-state index contributed by atoms with van der Waals surface area (Å²) in [5.74, 6) is 0. The van der Waals surface area contributed by atoms with Crippen molar-refractivity contribution in [2.24, 2.45) is 4.99 Å². The van der Waals surface area contributed by atoms with Crippen LogP contribution in [0.15, 0.2) is 4.99 Å². The molecule has 0 amide bonds. The van der Waals surface area contributed by atoms with E-state index in [0.29, 0.717) is 0 Å². The van der Waals surface area contributed by atoms with Gasteiger partial charge in [0.25, 0.3) is 0 Å². The van der Waals surface area contributed by atoms with E-state index in [-0.39, 0.29) is 6.04 Å². The third-order valence-electron chi connectivity index (χ3n) is 1.30. The van der Waals surface area contributed by atoms with E-state index in [2.05, 4.69) is 34.5 Å². The van der Waals surface area contributed by atoms with E-state index in [9.17, 15) is 4.79 Å². The standard InChI is InChI=1S/C7H12INO/c1-2-3-4-7(5-8)9-6-10/h7H,2-5H2,1H3. The quantitative estimate of drug-likeness (QED) is 0.320. The van der Waals surface area contributed by atoms with Gasteiger partial charge in [-0.2, -0.15) is 0 Å². The van der Waals surface area contributed by atoms with E-state index < -0.39 is 0 Å². The molecule has 0 spiro atoms. The largest absolute Gasteiger partial charge is 0.235 e. The van der Waals surface area contributed by atoms with E-state index in [4.69, 9.17) is 0 Å². The van der Waals surface area contributed by atoms with Crippen molar-refractivity contribution in [1.29, 1.82) is 0 Å². The molecule has 0 fully saturated rings. The van der Waals surface area contributed by atoms with E-state index in [1.54, 1.807) is 6.08 Å². The number of hydrogen-bond donors (Lipinski definition) is 0. The van der Waals surface area contributed by atoms with Gasteiger partial charge in [-0.1, -0.05) is 42.4 Å². The maximum absolute atomic E-state index is 9.84. The zero-order valence-electron chi connectivity index (χ0n) is 6.14. The maximum Gasteiger partial charge on any atom is 0.235 e. The fraction of sp³-hybridized carbons (Fsp3) is 0.857. The van der Waals surface area contributed by atoms with Crippen molar-refractivity contribution in [2.75, 3.05) is 4.43 Å². The van der Waals surface area contributed by atoms with Crippen LogP contribution in [-0.4, -0.2) is 16.5 Å². The van der Waals surface area contributed by atoms with Crippen molar-refractivity contribution in [2.45, 2.75) is 32.2 Å². The van der Waals surface area contributed by atoms with E-state index in [0.717, 1.165) is 17.3 Å². The highest BCUT2D eigenvalue weighted by Crippen LogP contribution is 2.06. The lowest BCUT2D eigenvalue weighted by Crippen LogP contribution is -2.04. The summed E-state index contributed by atoms with van der Waals surface area (Å²) in [7, 11) is 0. The van der Waals surface area contributed by atoms with Gasteiger partial charge in [0, 0.05) is 4.43 Å². The molecule has 0 N–H and O–H groups in total. The molecule has 1 atom stereocenters. The number of hydrogen-bond acceptors (Lipinski definition) is 2. The minimum Gasteiger partial charge on any atom is -0.211 e. The molecule has 0 saturated heterocycles. The topological polar surface area (TPSA) is 29.4 Å². The highest BCUT2D eigenvalue weighted by Gasteiger charge is 2.01. The molecule has 0 rings (SSSR count). The number of aliphatic imine (C=N–C) groups is 1. The Labute approximate surface area is 75.2 Å². The Bertz CT molecular complexity index is 121. The highest BCUT2D eigenvalue weighted by atomic mass is 127. The second kappa shape index (κ2) is 7.22. The first kappa shape index (κ1) is 10.1. The van der Waals surface area contributed by atoms with Gasteiger partial charge in [-0.05, 0) is 6.42 Å². The zero-order chi connectivity index (χ0) is 7.82. The highest BCUT2D eigenvalue weighted by molar-refractivity contribution is 14.1. The number of nitrogens with zero attached hydrogens (tertiary/aromatic N) is 1. The summed E-state index contributed by atoms with van der Waals surface area (Å²) in [6, 6.07) is 0.207. The van der Waals surface area contributed by atoms with Crippen molar-refractivity contribution < 1.29 is 4.79 Å². The summed E-state index contributed by atoms with van der Waals surface area (Å²) in [5, 5.41) is 0. The van der Waals surface area contributed by atoms with Gasteiger partial charge in [-0.15, -0.1) is 0 Å². The molecule has 1 unspecified atom stereocenters. The van der Waals surface area contributed by atoms with Crippen LogP contribution >= 0.6 is 22.6 Å². The first-order valence-electron chi connectivity index (χ1n) is 3.48. The molecule has 10 heavy (non-hydrogen) atoms. The van der Waals surface area contributed by atoms with E-state index in [1.807, 2.05) is 0 Å². The monoisotopic (exact) mass is 253 g/mol. The fourth-order valence-corrected chi connectivity index (χ4v) is 1.33.